The van der Waals surface area contributed by atoms with Crippen molar-refractivity contribution in [3.8, 4) is 0 Å². The van der Waals surface area contributed by atoms with Crippen LogP contribution in [0.1, 0.15) is 35.8 Å². The monoisotopic (exact) mass is 300 g/mol. The Morgan fingerprint density at radius 3 is 2.64 bits per heavy atom. The lowest BCUT2D eigenvalue weighted by Gasteiger charge is -2.32. The van der Waals surface area contributed by atoms with Gasteiger partial charge in [0.15, 0.2) is 0 Å². The fourth-order valence-electron chi connectivity index (χ4n) is 2.78. The number of nitrogens with zero attached hydrogens (tertiary/aromatic N) is 2. The summed E-state index contributed by atoms with van der Waals surface area (Å²) in [5.74, 6) is 1.90. The number of nitrogens with one attached hydrogen (secondary N) is 1. The van der Waals surface area contributed by atoms with Crippen LogP contribution in [-0.4, -0.2) is 22.6 Å². The molecule has 3 rings (SSSR count). The van der Waals surface area contributed by atoms with Gasteiger partial charge in [0.05, 0.1) is 0 Å². The van der Waals surface area contributed by atoms with Crippen molar-refractivity contribution in [1.82, 2.24) is 9.97 Å². The van der Waals surface area contributed by atoms with Gasteiger partial charge in [0.1, 0.15) is 17.5 Å². The molecule has 1 aromatic heterocycles. The Kier molecular flexibility index (Phi) is 4.34. The standard InChI is InChI=1S/C17H21FN4/c1-11-21-16(13-8-15(19)9-13)10-17(22-11)20-7-6-12-2-4-14(18)5-3-12/h2-5,10,13,15H,6-9,19H2,1H3,(H,20,21,22). The van der Waals surface area contributed by atoms with Crippen LogP contribution in [0.5, 0.6) is 0 Å². The van der Waals surface area contributed by atoms with E-state index < -0.39 is 0 Å². The Labute approximate surface area is 130 Å². The highest BCUT2D eigenvalue weighted by Crippen LogP contribution is 2.35. The highest BCUT2D eigenvalue weighted by molar-refractivity contribution is 5.38. The zero-order valence-electron chi connectivity index (χ0n) is 12.7. The predicted molar refractivity (Wildman–Crippen MR) is 85.3 cm³/mol. The van der Waals surface area contributed by atoms with Gasteiger partial charge in [-0.25, -0.2) is 14.4 Å². The van der Waals surface area contributed by atoms with E-state index in [0.29, 0.717) is 12.0 Å². The number of hydrogen-bond acceptors (Lipinski definition) is 4. The molecule has 0 radical (unpaired) electrons. The largest absolute Gasteiger partial charge is 0.370 e. The summed E-state index contributed by atoms with van der Waals surface area (Å²) in [6.45, 7) is 2.67. The zero-order chi connectivity index (χ0) is 15.5. The highest BCUT2D eigenvalue weighted by Gasteiger charge is 2.28. The number of nitrogens with two attached hydrogens (primary N) is 1. The van der Waals surface area contributed by atoms with Crippen molar-refractivity contribution in [3.63, 3.8) is 0 Å². The second-order valence-corrected chi connectivity index (χ2v) is 5.96. The summed E-state index contributed by atoms with van der Waals surface area (Å²) in [6, 6.07) is 8.93. The second-order valence-electron chi connectivity index (χ2n) is 5.96. The van der Waals surface area contributed by atoms with Gasteiger partial charge in [-0.05, 0) is 43.9 Å². The lowest BCUT2D eigenvalue weighted by atomic mass is 9.78. The topological polar surface area (TPSA) is 63.8 Å². The summed E-state index contributed by atoms with van der Waals surface area (Å²) in [6.07, 6.45) is 2.84. The van der Waals surface area contributed by atoms with Crippen LogP contribution >= 0.6 is 0 Å². The van der Waals surface area contributed by atoms with E-state index in [-0.39, 0.29) is 5.82 Å². The maximum Gasteiger partial charge on any atom is 0.129 e. The van der Waals surface area contributed by atoms with E-state index >= 15 is 0 Å². The lowest BCUT2D eigenvalue weighted by Crippen LogP contribution is -2.35. The minimum atomic E-state index is -0.202. The Bertz CT molecular complexity index is 636. The molecule has 116 valence electrons. The van der Waals surface area contributed by atoms with E-state index in [4.69, 9.17) is 5.73 Å². The van der Waals surface area contributed by atoms with Gasteiger partial charge < -0.3 is 11.1 Å². The first-order valence-corrected chi connectivity index (χ1v) is 7.69. The van der Waals surface area contributed by atoms with Crippen molar-refractivity contribution >= 4 is 5.82 Å². The van der Waals surface area contributed by atoms with Gasteiger partial charge in [0.25, 0.3) is 0 Å². The van der Waals surface area contributed by atoms with Crippen LogP contribution < -0.4 is 11.1 Å². The first-order chi connectivity index (χ1) is 10.6. The predicted octanol–water partition coefficient (Wildman–Crippen LogP) is 2.78. The molecule has 0 atom stereocenters. The number of halogens is 1. The Morgan fingerprint density at radius 1 is 1.23 bits per heavy atom. The summed E-state index contributed by atoms with van der Waals surface area (Å²) < 4.78 is 12.9. The molecule has 1 heterocycles. The van der Waals surface area contributed by atoms with E-state index in [2.05, 4.69) is 15.3 Å². The fraction of sp³-hybridized carbons (Fsp3) is 0.412. The quantitative estimate of drug-likeness (QED) is 0.891. The summed E-state index contributed by atoms with van der Waals surface area (Å²) in [5, 5.41) is 3.33. The molecule has 3 N–H and O–H groups in total. The van der Waals surface area contributed by atoms with Crippen molar-refractivity contribution in [2.45, 2.75) is 38.1 Å². The molecular formula is C17H21FN4. The molecule has 1 aliphatic rings. The number of hydrogen-bond donors (Lipinski definition) is 2. The maximum atomic E-state index is 12.9. The van der Waals surface area contributed by atoms with Gasteiger partial charge in [-0.3, -0.25) is 0 Å². The van der Waals surface area contributed by atoms with Gasteiger partial charge >= 0.3 is 0 Å². The maximum absolute atomic E-state index is 12.9. The normalized spacial score (nSPS) is 20.5. The van der Waals surface area contributed by atoms with Crippen LogP contribution in [0.3, 0.4) is 0 Å². The Hall–Kier alpha value is -2.01. The van der Waals surface area contributed by atoms with Gasteiger partial charge in [-0.1, -0.05) is 12.1 Å². The molecule has 0 spiro atoms. The van der Waals surface area contributed by atoms with Crippen LogP contribution in [0, 0.1) is 12.7 Å². The number of rotatable bonds is 5. The SMILES string of the molecule is Cc1nc(NCCc2ccc(F)cc2)cc(C2CC(N)C2)n1. The van der Waals surface area contributed by atoms with Crippen molar-refractivity contribution in [2.24, 2.45) is 5.73 Å². The van der Waals surface area contributed by atoms with E-state index in [1.54, 1.807) is 0 Å². The van der Waals surface area contributed by atoms with Crippen molar-refractivity contribution < 1.29 is 4.39 Å². The highest BCUT2D eigenvalue weighted by atomic mass is 19.1. The summed E-state index contributed by atoms with van der Waals surface area (Å²) in [5.41, 5.74) is 8.04. The number of benzene rings is 1. The molecule has 2 aromatic rings. The van der Waals surface area contributed by atoms with E-state index in [9.17, 15) is 4.39 Å². The molecule has 5 heteroatoms. The molecule has 22 heavy (non-hydrogen) atoms. The summed E-state index contributed by atoms with van der Waals surface area (Å²) in [4.78, 5) is 8.94. The van der Waals surface area contributed by atoms with Crippen LogP contribution in [0.25, 0.3) is 0 Å². The molecule has 4 nitrogen and oxygen atoms in total. The number of anilines is 1. The fourth-order valence-corrected chi connectivity index (χ4v) is 2.78. The molecule has 1 aromatic carbocycles. The molecule has 0 amide bonds. The van der Waals surface area contributed by atoms with Crippen LogP contribution in [0.4, 0.5) is 10.2 Å². The van der Waals surface area contributed by atoms with E-state index in [1.807, 2.05) is 25.1 Å². The van der Waals surface area contributed by atoms with E-state index in [0.717, 1.165) is 48.7 Å². The number of aryl methyl sites for hydroxylation is 1. The average molecular weight is 300 g/mol. The lowest BCUT2D eigenvalue weighted by molar-refractivity contribution is 0.344. The van der Waals surface area contributed by atoms with Gasteiger partial charge in [0, 0.05) is 30.3 Å². The molecule has 1 fully saturated rings. The van der Waals surface area contributed by atoms with Crippen LogP contribution in [0.15, 0.2) is 30.3 Å². The molecular weight excluding hydrogens is 279 g/mol. The summed E-state index contributed by atoms with van der Waals surface area (Å²) in [7, 11) is 0. The first-order valence-electron chi connectivity index (χ1n) is 7.69. The van der Waals surface area contributed by atoms with E-state index in [1.165, 1.54) is 12.1 Å². The third kappa shape index (κ3) is 3.60. The van der Waals surface area contributed by atoms with Crippen LogP contribution in [-0.2, 0) is 6.42 Å². The Balaban J connectivity index is 1.59. The van der Waals surface area contributed by atoms with Crippen molar-refractivity contribution in [1.29, 1.82) is 0 Å². The molecule has 1 saturated carbocycles. The molecule has 1 aliphatic carbocycles. The third-order valence-electron chi connectivity index (χ3n) is 4.08. The third-order valence-corrected chi connectivity index (χ3v) is 4.08. The second kappa shape index (κ2) is 6.40. The molecule has 0 aliphatic heterocycles. The first kappa shape index (κ1) is 14.9. The average Bonchev–Trinajstić information content (AvgIpc) is 2.45. The molecule has 0 unspecified atom stereocenters. The van der Waals surface area contributed by atoms with Crippen molar-refractivity contribution in [2.75, 3.05) is 11.9 Å². The van der Waals surface area contributed by atoms with Crippen LogP contribution in [0.2, 0.25) is 0 Å². The molecule has 0 saturated heterocycles. The smallest absolute Gasteiger partial charge is 0.129 e. The Morgan fingerprint density at radius 2 is 1.95 bits per heavy atom. The zero-order valence-corrected chi connectivity index (χ0v) is 12.7. The van der Waals surface area contributed by atoms with Gasteiger partial charge in [-0.15, -0.1) is 0 Å². The van der Waals surface area contributed by atoms with Gasteiger partial charge in [0.2, 0.25) is 0 Å². The molecule has 0 bridgehead atoms. The van der Waals surface area contributed by atoms with Gasteiger partial charge in [-0.2, -0.15) is 0 Å². The summed E-state index contributed by atoms with van der Waals surface area (Å²) >= 11 is 0. The minimum absolute atomic E-state index is 0.202. The number of aromatic nitrogens is 2. The minimum Gasteiger partial charge on any atom is -0.370 e. The van der Waals surface area contributed by atoms with Crippen molar-refractivity contribution in [3.05, 3.63) is 53.2 Å².